The molecule has 2 aromatic heterocycles. The van der Waals surface area contributed by atoms with Gasteiger partial charge in [-0.15, -0.1) is 0 Å². The molecule has 0 aliphatic carbocycles. The van der Waals surface area contributed by atoms with Crippen molar-refractivity contribution in [3.05, 3.63) is 59.2 Å². The number of hydrogen-bond acceptors (Lipinski definition) is 3. The Morgan fingerprint density at radius 2 is 1.86 bits per heavy atom. The number of aromatic nitrogens is 3. The first-order valence-electron chi connectivity index (χ1n) is 7.19. The fraction of sp³-hybridized carbons (Fsp3) is 0.294. The Labute approximate surface area is 124 Å². The van der Waals surface area contributed by atoms with Gasteiger partial charge in [0.25, 0.3) is 0 Å². The number of hydrogen-bond donors (Lipinski definition) is 1. The molecule has 2 heterocycles. The van der Waals surface area contributed by atoms with Crippen LogP contribution in [0.15, 0.2) is 36.7 Å². The second-order valence-corrected chi connectivity index (χ2v) is 5.45. The van der Waals surface area contributed by atoms with Gasteiger partial charge in [-0.2, -0.15) is 0 Å². The van der Waals surface area contributed by atoms with E-state index in [1.165, 1.54) is 16.6 Å². The molecule has 0 aliphatic heterocycles. The Balaban J connectivity index is 1.94. The van der Waals surface area contributed by atoms with E-state index in [1.807, 2.05) is 19.4 Å². The summed E-state index contributed by atoms with van der Waals surface area (Å²) in [6.07, 6.45) is 1.90. The van der Waals surface area contributed by atoms with Crippen molar-refractivity contribution in [2.75, 3.05) is 7.05 Å². The highest BCUT2D eigenvalue weighted by Gasteiger charge is 2.06. The maximum absolute atomic E-state index is 4.67. The number of benzene rings is 1. The summed E-state index contributed by atoms with van der Waals surface area (Å²) in [6, 6.07) is 10.5. The van der Waals surface area contributed by atoms with Crippen LogP contribution in [0.5, 0.6) is 0 Å². The van der Waals surface area contributed by atoms with Crippen molar-refractivity contribution < 1.29 is 0 Å². The zero-order valence-electron chi connectivity index (χ0n) is 12.7. The summed E-state index contributed by atoms with van der Waals surface area (Å²) < 4.78 is 2.16. The normalized spacial score (nSPS) is 11.2. The number of pyridine rings is 1. The van der Waals surface area contributed by atoms with E-state index in [-0.39, 0.29) is 0 Å². The van der Waals surface area contributed by atoms with Gasteiger partial charge in [0.15, 0.2) is 0 Å². The molecule has 0 saturated carbocycles. The minimum absolute atomic E-state index is 0.747. The molecule has 0 spiro atoms. The zero-order valence-corrected chi connectivity index (χ0v) is 12.7. The van der Waals surface area contributed by atoms with Crippen LogP contribution in [0.4, 0.5) is 0 Å². The van der Waals surface area contributed by atoms with E-state index in [2.05, 4.69) is 58.0 Å². The molecule has 21 heavy (non-hydrogen) atoms. The summed E-state index contributed by atoms with van der Waals surface area (Å²) in [5.41, 5.74) is 6.90. The maximum Gasteiger partial charge on any atom is 0.0962 e. The van der Waals surface area contributed by atoms with E-state index in [0.29, 0.717) is 0 Å². The summed E-state index contributed by atoms with van der Waals surface area (Å²) in [6.45, 7) is 5.79. The van der Waals surface area contributed by atoms with Crippen LogP contribution in [0.1, 0.15) is 22.5 Å². The Morgan fingerprint density at radius 1 is 1.10 bits per heavy atom. The van der Waals surface area contributed by atoms with Crippen LogP contribution in [-0.4, -0.2) is 21.6 Å². The van der Waals surface area contributed by atoms with Crippen molar-refractivity contribution in [1.82, 2.24) is 19.9 Å². The van der Waals surface area contributed by atoms with Gasteiger partial charge >= 0.3 is 0 Å². The first-order chi connectivity index (χ1) is 10.2. The third-order valence-electron chi connectivity index (χ3n) is 3.79. The van der Waals surface area contributed by atoms with Gasteiger partial charge < -0.3 is 9.88 Å². The molecular formula is C17H20N4. The number of aryl methyl sites for hydroxylation is 2. The molecule has 0 amide bonds. The minimum Gasteiger partial charge on any atom is -0.324 e. The molecule has 3 aromatic rings. The van der Waals surface area contributed by atoms with Gasteiger partial charge in [-0.3, -0.25) is 4.98 Å². The van der Waals surface area contributed by atoms with Crippen molar-refractivity contribution in [3.63, 3.8) is 0 Å². The average Bonchev–Trinajstić information content (AvgIpc) is 2.83. The van der Waals surface area contributed by atoms with E-state index < -0.39 is 0 Å². The van der Waals surface area contributed by atoms with Gasteiger partial charge in [0.05, 0.1) is 35.3 Å². The standard InChI is InChI=1S/C17H20N4/c1-12-7-16-17(8-13(12)2)21(11-19-16)10-15-6-4-5-14(20-15)9-18-3/h4-8,11,18H,9-10H2,1-3H3. The van der Waals surface area contributed by atoms with Gasteiger partial charge in [-0.05, 0) is 56.3 Å². The second-order valence-electron chi connectivity index (χ2n) is 5.45. The smallest absolute Gasteiger partial charge is 0.0962 e. The lowest BCUT2D eigenvalue weighted by molar-refractivity contribution is 0.753. The van der Waals surface area contributed by atoms with Crippen LogP contribution in [-0.2, 0) is 13.1 Å². The molecule has 0 unspecified atom stereocenters. The third kappa shape index (κ3) is 2.81. The first-order valence-corrected chi connectivity index (χ1v) is 7.19. The van der Waals surface area contributed by atoms with Crippen molar-refractivity contribution in [2.24, 2.45) is 0 Å². The molecule has 0 fully saturated rings. The maximum atomic E-state index is 4.67. The third-order valence-corrected chi connectivity index (χ3v) is 3.79. The molecule has 0 aliphatic rings. The first kappa shape index (κ1) is 13.8. The van der Waals surface area contributed by atoms with Gasteiger partial charge in [-0.25, -0.2) is 4.98 Å². The molecule has 108 valence electrons. The molecule has 3 rings (SSSR count). The topological polar surface area (TPSA) is 42.7 Å². The summed E-state index contributed by atoms with van der Waals surface area (Å²) in [5.74, 6) is 0. The predicted molar refractivity (Wildman–Crippen MR) is 85.3 cm³/mol. The SMILES string of the molecule is CNCc1cccc(Cn2cnc3cc(C)c(C)cc32)n1. The highest BCUT2D eigenvalue weighted by molar-refractivity contribution is 5.77. The summed E-state index contributed by atoms with van der Waals surface area (Å²) in [4.78, 5) is 9.17. The van der Waals surface area contributed by atoms with Crippen molar-refractivity contribution >= 4 is 11.0 Å². The van der Waals surface area contributed by atoms with Crippen LogP contribution in [0.25, 0.3) is 11.0 Å². The molecule has 0 saturated heterocycles. The van der Waals surface area contributed by atoms with Crippen LogP contribution >= 0.6 is 0 Å². The van der Waals surface area contributed by atoms with Gasteiger partial charge in [0, 0.05) is 6.54 Å². The van der Waals surface area contributed by atoms with E-state index in [1.54, 1.807) is 0 Å². The van der Waals surface area contributed by atoms with E-state index in [0.717, 1.165) is 30.0 Å². The van der Waals surface area contributed by atoms with Crippen LogP contribution in [0.3, 0.4) is 0 Å². The summed E-state index contributed by atoms with van der Waals surface area (Å²) in [7, 11) is 1.93. The lowest BCUT2D eigenvalue weighted by atomic mass is 10.1. The summed E-state index contributed by atoms with van der Waals surface area (Å²) >= 11 is 0. The molecular weight excluding hydrogens is 260 g/mol. The molecule has 1 aromatic carbocycles. The number of fused-ring (bicyclic) bond motifs is 1. The van der Waals surface area contributed by atoms with Crippen LogP contribution < -0.4 is 5.32 Å². The molecule has 0 bridgehead atoms. The fourth-order valence-electron chi connectivity index (χ4n) is 2.51. The van der Waals surface area contributed by atoms with Crippen molar-refractivity contribution in [3.8, 4) is 0 Å². The highest BCUT2D eigenvalue weighted by atomic mass is 15.1. The number of imidazole rings is 1. The monoisotopic (exact) mass is 280 g/mol. The number of nitrogens with one attached hydrogen (secondary N) is 1. The molecule has 0 radical (unpaired) electrons. The van der Waals surface area contributed by atoms with Crippen LogP contribution in [0, 0.1) is 13.8 Å². The minimum atomic E-state index is 0.747. The highest BCUT2D eigenvalue weighted by Crippen LogP contribution is 2.19. The quantitative estimate of drug-likeness (QED) is 0.799. The fourth-order valence-corrected chi connectivity index (χ4v) is 2.51. The Kier molecular flexibility index (Phi) is 3.71. The van der Waals surface area contributed by atoms with Gasteiger partial charge in [0.2, 0.25) is 0 Å². The largest absolute Gasteiger partial charge is 0.324 e. The molecule has 1 N–H and O–H groups in total. The second kappa shape index (κ2) is 5.66. The zero-order chi connectivity index (χ0) is 14.8. The molecule has 4 heteroatoms. The van der Waals surface area contributed by atoms with E-state index >= 15 is 0 Å². The predicted octanol–water partition coefficient (Wildman–Crippen LogP) is 2.82. The number of rotatable bonds is 4. The lowest BCUT2D eigenvalue weighted by Crippen LogP contribution is -2.09. The lowest BCUT2D eigenvalue weighted by Gasteiger charge is -2.07. The van der Waals surface area contributed by atoms with Crippen LogP contribution in [0.2, 0.25) is 0 Å². The van der Waals surface area contributed by atoms with Gasteiger partial charge in [-0.1, -0.05) is 6.07 Å². The Bertz CT molecular complexity index is 774. The Hall–Kier alpha value is -2.20. The Morgan fingerprint density at radius 3 is 2.67 bits per heavy atom. The number of nitrogens with zero attached hydrogens (tertiary/aromatic N) is 3. The van der Waals surface area contributed by atoms with E-state index in [9.17, 15) is 0 Å². The van der Waals surface area contributed by atoms with Crippen molar-refractivity contribution in [1.29, 1.82) is 0 Å². The molecule has 4 nitrogen and oxygen atoms in total. The van der Waals surface area contributed by atoms with E-state index in [4.69, 9.17) is 0 Å². The average molecular weight is 280 g/mol. The van der Waals surface area contributed by atoms with Gasteiger partial charge in [0.1, 0.15) is 0 Å². The van der Waals surface area contributed by atoms with Crippen molar-refractivity contribution in [2.45, 2.75) is 26.9 Å². The molecule has 0 atom stereocenters. The summed E-state index contributed by atoms with van der Waals surface area (Å²) in [5, 5.41) is 3.13.